The zero-order chi connectivity index (χ0) is 13.8. The lowest BCUT2D eigenvalue weighted by Gasteiger charge is -2.08. The average Bonchev–Trinajstić information content (AvgIpc) is 2.67. The highest BCUT2D eigenvalue weighted by Gasteiger charge is 2.08. The zero-order valence-corrected chi connectivity index (χ0v) is 11.3. The van der Waals surface area contributed by atoms with Crippen LogP contribution in [-0.2, 0) is 11.8 Å². The van der Waals surface area contributed by atoms with Gasteiger partial charge in [0.05, 0.1) is 11.4 Å². The Kier molecular flexibility index (Phi) is 3.85. The molecule has 1 amide bonds. The van der Waals surface area contributed by atoms with Crippen LogP contribution in [0.4, 0.5) is 5.69 Å². The summed E-state index contributed by atoms with van der Waals surface area (Å²) in [6.07, 6.45) is 1.76. The van der Waals surface area contributed by atoms with Crippen molar-refractivity contribution in [2.75, 3.05) is 11.9 Å². The van der Waals surface area contributed by atoms with E-state index in [1.54, 1.807) is 10.9 Å². The standard InChI is InChI=1S/C14H17N3O2/c1-10-6-4-5-7-13(10)19-9-14(18)15-12-8-17(3)16-11(12)2/h4-8H,9H2,1-3H3,(H,15,18). The van der Waals surface area contributed by atoms with Crippen LogP contribution < -0.4 is 10.1 Å². The van der Waals surface area contributed by atoms with E-state index in [4.69, 9.17) is 4.74 Å². The molecule has 1 N–H and O–H groups in total. The van der Waals surface area contributed by atoms with Crippen LogP contribution in [0, 0.1) is 13.8 Å². The van der Waals surface area contributed by atoms with Crippen molar-refractivity contribution in [2.24, 2.45) is 7.05 Å². The van der Waals surface area contributed by atoms with Gasteiger partial charge in [-0.15, -0.1) is 0 Å². The number of aryl methyl sites for hydroxylation is 3. The van der Waals surface area contributed by atoms with Crippen molar-refractivity contribution in [3.8, 4) is 5.75 Å². The second-order valence-electron chi connectivity index (χ2n) is 4.40. The monoisotopic (exact) mass is 259 g/mol. The summed E-state index contributed by atoms with van der Waals surface area (Å²) in [5, 5.41) is 6.93. The van der Waals surface area contributed by atoms with E-state index < -0.39 is 0 Å². The molecule has 5 heteroatoms. The molecule has 0 bridgehead atoms. The maximum atomic E-state index is 11.8. The molecule has 0 spiro atoms. The maximum Gasteiger partial charge on any atom is 0.262 e. The number of benzene rings is 1. The first-order valence-electron chi connectivity index (χ1n) is 6.05. The molecule has 1 aromatic carbocycles. The number of ether oxygens (including phenoxy) is 1. The highest BCUT2D eigenvalue weighted by Crippen LogP contribution is 2.16. The zero-order valence-electron chi connectivity index (χ0n) is 11.3. The second kappa shape index (κ2) is 5.56. The summed E-state index contributed by atoms with van der Waals surface area (Å²) in [5.41, 5.74) is 2.50. The number of nitrogens with one attached hydrogen (secondary N) is 1. The minimum absolute atomic E-state index is 0.0147. The van der Waals surface area contributed by atoms with Gasteiger partial charge in [0.2, 0.25) is 0 Å². The van der Waals surface area contributed by atoms with Crippen LogP contribution in [0.5, 0.6) is 5.75 Å². The third-order valence-electron chi connectivity index (χ3n) is 2.74. The van der Waals surface area contributed by atoms with Gasteiger partial charge in [0.1, 0.15) is 5.75 Å². The van der Waals surface area contributed by atoms with Crippen molar-refractivity contribution < 1.29 is 9.53 Å². The van der Waals surface area contributed by atoms with Gasteiger partial charge in [0.15, 0.2) is 6.61 Å². The number of rotatable bonds is 4. The third-order valence-corrected chi connectivity index (χ3v) is 2.74. The SMILES string of the molecule is Cc1ccccc1OCC(=O)Nc1cn(C)nc1C. The molecule has 0 saturated heterocycles. The Bertz CT molecular complexity index is 590. The first-order valence-corrected chi connectivity index (χ1v) is 6.05. The summed E-state index contributed by atoms with van der Waals surface area (Å²) < 4.78 is 7.14. The molecule has 0 saturated carbocycles. The van der Waals surface area contributed by atoms with Crippen molar-refractivity contribution in [3.63, 3.8) is 0 Å². The first kappa shape index (κ1) is 13.1. The molecule has 5 nitrogen and oxygen atoms in total. The van der Waals surface area contributed by atoms with Crippen LogP contribution in [0.3, 0.4) is 0 Å². The van der Waals surface area contributed by atoms with E-state index in [1.165, 1.54) is 0 Å². The van der Waals surface area contributed by atoms with Crippen LogP contribution in [0.25, 0.3) is 0 Å². The molecule has 0 fully saturated rings. The largest absolute Gasteiger partial charge is 0.483 e. The van der Waals surface area contributed by atoms with Crippen molar-refractivity contribution in [1.29, 1.82) is 0 Å². The quantitative estimate of drug-likeness (QED) is 0.914. The number of carbonyl (C=O) groups is 1. The summed E-state index contributed by atoms with van der Waals surface area (Å²) in [6.45, 7) is 3.77. The summed E-state index contributed by atoms with van der Waals surface area (Å²) >= 11 is 0. The second-order valence-corrected chi connectivity index (χ2v) is 4.40. The van der Waals surface area contributed by atoms with Gasteiger partial charge in [-0.1, -0.05) is 18.2 Å². The van der Waals surface area contributed by atoms with Crippen LogP contribution in [0.15, 0.2) is 30.5 Å². The van der Waals surface area contributed by atoms with Gasteiger partial charge in [-0.25, -0.2) is 0 Å². The predicted octanol–water partition coefficient (Wildman–Crippen LogP) is 2.05. The molecule has 0 unspecified atom stereocenters. The van der Waals surface area contributed by atoms with Crippen molar-refractivity contribution in [2.45, 2.75) is 13.8 Å². The van der Waals surface area contributed by atoms with Crippen LogP contribution >= 0.6 is 0 Å². The molecule has 0 aliphatic heterocycles. The van der Waals surface area contributed by atoms with Crippen molar-refractivity contribution in [3.05, 3.63) is 41.7 Å². The minimum atomic E-state index is -0.195. The average molecular weight is 259 g/mol. The van der Waals surface area contributed by atoms with E-state index in [9.17, 15) is 4.79 Å². The number of hydrogen-bond acceptors (Lipinski definition) is 3. The summed E-state index contributed by atoms with van der Waals surface area (Å²) in [4.78, 5) is 11.8. The molecule has 2 aromatic rings. The number of para-hydroxylation sites is 1. The van der Waals surface area contributed by atoms with Gasteiger partial charge >= 0.3 is 0 Å². The number of aromatic nitrogens is 2. The Morgan fingerprint density at radius 1 is 1.37 bits per heavy atom. The van der Waals surface area contributed by atoms with Gasteiger partial charge in [0.25, 0.3) is 5.91 Å². The Morgan fingerprint density at radius 2 is 2.11 bits per heavy atom. The number of nitrogens with zero attached hydrogens (tertiary/aromatic N) is 2. The van der Waals surface area contributed by atoms with Crippen LogP contribution in [-0.4, -0.2) is 22.3 Å². The van der Waals surface area contributed by atoms with Crippen LogP contribution in [0.1, 0.15) is 11.3 Å². The summed E-state index contributed by atoms with van der Waals surface area (Å²) in [7, 11) is 1.81. The minimum Gasteiger partial charge on any atom is -0.483 e. The molecular weight excluding hydrogens is 242 g/mol. The Balaban J connectivity index is 1.92. The van der Waals surface area contributed by atoms with Crippen LogP contribution in [0.2, 0.25) is 0 Å². The van der Waals surface area contributed by atoms with E-state index in [1.807, 2.05) is 45.2 Å². The smallest absolute Gasteiger partial charge is 0.262 e. The lowest BCUT2D eigenvalue weighted by Crippen LogP contribution is -2.20. The normalized spacial score (nSPS) is 10.3. The fourth-order valence-corrected chi connectivity index (χ4v) is 1.77. The molecule has 1 aromatic heterocycles. The number of anilines is 1. The van der Waals surface area contributed by atoms with Crippen molar-refractivity contribution in [1.82, 2.24) is 9.78 Å². The van der Waals surface area contributed by atoms with Gasteiger partial charge in [-0.05, 0) is 25.5 Å². The van der Waals surface area contributed by atoms with E-state index in [0.717, 1.165) is 17.0 Å². The van der Waals surface area contributed by atoms with Gasteiger partial charge in [-0.2, -0.15) is 5.10 Å². The number of amides is 1. The molecule has 2 rings (SSSR count). The molecule has 0 aliphatic carbocycles. The topological polar surface area (TPSA) is 56.1 Å². The van der Waals surface area contributed by atoms with Crippen molar-refractivity contribution >= 4 is 11.6 Å². The fraction of sp³-hybridized carbons (Fsp3) is 0.286. The molecular formula is C14H17N3O2. The molecule has 100 valence electrons. The van der Waals surface area contributed by atoms with Gasteiger partial charge < -0.3 is 10.1 Å². The highest BCUT2D eigenvalue weighted by molar-refractivity contribution is 5.92. The molecule has 0 atom stereocenters. The fourth-order valence-electron chi connectivity index (χ4n) is 1.77. The van der Waals surface area contributed by atoms with E-state index in [0.29, 0.717) is 5.69 Å². The first-order chi connectivity index (χ1) is 9.06. The maximum absolute atomic E-state index is 11.8. The Hall–Kier alpha value is -2.30. The van der Waals surface area contributed by atoms with Gasteiger partial charge in [0, 0.05) is 13.2 Å². The Labute approximate surface area is 112 Å². The molecule has 1 heterocycles. The Morgan fingerprint density at radius 3 is 2.74 bits per heavy atom. The van der Waals surface area contributed by atoms with Gasteiger partial charge in [-0.3, -0.25) is 9.48 Å². The predicted molar refractivity (Wildman–Crippen MR) is 73.2 cm³/mol. The lowest BCUT2D eigenvalue weighted by atomic mass is 10.2. The number of hydrogen-bond donors (Lipinski definition) is 1. The number of carbonyl (C=O) groups excluding carboxylic acids is 1. The van der Waals surface area contributed by atoms with E-state index in [2.05, 4.69) is 10.4 Å². The molecule has 0 aliphatic rings. The third kappa shape index (κ3) is 3.34. The highest BCUT2D eigenvalue weighted by atomic mass is 16.5. The summed E-state index contributed by atoms with van der Waals surface area (Å²) in [5.74, 6) is 0.528. The van der Waals surface area contributed by atoms with E-state index >= 15 is 0 Å². The lowest BCUT2D eigenvalue weighted by molar-refractivity contribution is -0.118. The summed E-state index contributed by atoms with van der Waals surface area (Å²) in [6, 6.07) is 7.60. The molecule has 0 radical (unpaired) electrons. The van der Waals surface area contributed by atoms with E-state index in [-0.39, 0.29) is 12.5 Å². The molecule has 19 heavy (non-hydrogen) atoms.